The molecule has 0 radical (unpaired) electrons. The highest BCUT2D eigenvalue weighted by atomic mass is 16.3. The summed E-state index contributed by atoms with van der Waals surface area (Å²) in [5, 5.41) is 5.58. The van der Waals surface area contributed by atoms with Gasteiger partial charge >= 0.3 is 0 Å². The molecule has 0 saturated carbocycles. The van der Waals surface area contributed by atoms with E-state index in [1.54, 1.807) is 0 Å². The maximum absolute atomic E-state index is 6.37. The molecule has 7 aromatic carbocycles. The monoisotopic (exact) mass is 651 g/mol. The SMILES string of the molecule is c1ccc(-c2cc(-c3ccc(-c4cccc5c4nc(-c4ccccc4)c4ccc6oc7ccccc7c6c45)cc3)nc(-c3ccccc3)n2)cc1. The number of hydrogen-bond donors (Lipinski definition) is 0. The second kappa shape index (κ2) is 11.9. The van der Waals surface area contributed by atoms with Crippen LogP contribution in [0.25, 0.3) is 99.9 Å². The predicted octanol–water partition coefficient (Wildman–Crippen LogP) is 12.4. The molecular formula is C47H29N3O. The highest BCUT2D eigenvalue weighted by Gasteiger charge is 2.19. The van der Waals surface area contributed by atoms with E-state index in [-0.39, 0.29) is 0 Å². The fourth-order valence-corrected chi connectivity index (χ4v) is 7.27. The number of hydrogen-bond acceptors (Lipinski definition) is 4. The summed E-state index contributed by atoms with van der Waals surface area (Å²) < 4.78 is 6.37. The molecule has 3 heterocycles. The lowest BCUT2D eigenvalue weighted by molar-refractivity contribution is 0.669. The van der Waals surface area contributed by atoms with Crippen molar-refractivity contribution in [2.75, 3.05) is 0 Å². The van der Waals surface area contributed by atoms with Crippen molar-refractivity contribution >= 4 is 43.6 Å². The van der Waals surface area contributed by atoms with Crippen molar-refractivity contribution in [1.29, 1.82) is 0 Å². The first-order valence-corrected chi connectivity index (χ1v) is 17.1. The standard InChI is InChI=1S/C47H29N3O/c1-4-13-31(14-5-1)39-29-40(49-47(48-39)34-17-8-3-9-18-34)32-25-23-30(24-26-32)35-20-12-21-37-43-38(45(50-46(35)37)33-15-6-2-7-16-33)27-28-42-44(43)36-19-10-11-22-41(36)51-42/h1-29H. The predicted molar refractivity (Wildman–Crippen MR) is 209 cm³/mol. The summed E-state index contributed by atoms with van der Waals surface area (Å²) in [7, 11) is 0. The molecule has 4 nitrogen and oxygen atoms in total. The van der Waals surface area contributed by atoms with E-state index in [0.29, 0.717) is 5.82 Å². The van der Waals surface area contributed by atoms with Crippen LogP contribution in [0.15, 0.2) is 180 Å². The van der Waals surface area contributed by atoms with Gasteiger partial charge in [0.25, 0.3) is 0 Å². The van der Waals surface area contributed by atoms with Crippen LogP contribution in [0.3, 0.4) is 0 Å². The first-order valence-electron chi connectivity index (χ1n) is 17.1. The average molecular weight is 652 g/mol. The maximum Gasteiger partial charge on any atom is 0.160 e. The summed E-state index contributed by atoms with van der Waals surface area (Å²) in [6.07, 6.45) is 0. The average Bonchev–Trinajstić information content (AvgIpc) is 3.60. The Bertz CT molecular complexity index is 2820. The molecule has 10 aromatic rings. The molecule has 0 bridgehead atoms. The van der Waals surface area contributed by atoms with Gasteiger partial charge in [0.1, 0.15) is 11.2 Å². The molecule has 0 fully saturated rings. The third-order valence-corrected chi connectivity index (χ3v) is 9.69. The molecule has 0 atom stereocenters. The Kier molecular flexibility index (Phi) is 6.78. The van der Waals surface area contributed by atoms with Crippen molar-refractivity contribution in [3.8, 4) is 56.3 Å². The molecule has 0 spiro atoms. The Labute approximate surface area is 294 Å². The van der Waals surface area contributed by atoms with Crippen molar-refractivity contribution in [2.24, 2.45) is 0 Å². The Morgan fingerprint density at radius 2 is 0.941 bits per heavy atom. The maximum atomic E-state index is 6.37. The second-order valence-corrected chi connectivity index (χ2v) is 12.8. The fraction of sp³-hybridized carbons (Fsp3) is 0. The highest BCUT2D eigenvalue weighted by molar-refractivity contribution is 6.29. The molecule has 0 N–H and O–H groups in total. The minimum Gasteiger partial charge on any atom is -0.456 e. The van der Waals surface area contributed by atoms with Gasteiger partial charge in [-0.3, -0.25) is 0 Å². The Hall–Kier alpha value is -6.91. The number of furan rings is 1. The lowest BCUT2D eigenvalue weighted by Crippen LogP contribution is -1.96. The van der Waals surface area contributed by atoms with Crippen molar-refractivity contribution < 1.29 is 4.42 Å². The van der Waals surface area contributed by atoms with E-state index in [9.17, 15) is 0 Å². The van der Waals surface area contributed by atoms with Crippen LogP contribution in [0.5, 0.6) is 0 Å². The van der Waals surface area contributed by atoms with E-state index in [1.165, 1.54) is 0 Å². The quantitative estimate of drug-likeness (QED) is 0.174. The van der Waals surface area contributed by atoms with Crippen LogP contribution in [-0.2, 0) is 0 Å². The van der Waals surface area contributed by atoms with E-state index in [4.69, 9.17) is 19.4 Å². The van der Waals surface area contributed by atoms with Gasteiger partial charge in [0.05, 0.1) is 22.6 Å². The molecular weight excluding hydrogens is 623 g/mol. The first kappa shape index (κ1) is 29.0. The first-order chi connectivity index (χ1) is 25.3. The van der Waals surface area contributed by atoms with E-state index in [2.05, 4.69) is 121 Å². The largest absolute Gasteiger partial charge is 0.456 e. The summed E-state index contributed by atoms with van der Waals surface area (Å²) in [4.78, 5) is 15.5. The van der Waals surface area contributed by atoms with Gasteiger partial charge in [-0.2, -0.15) is 0 Å². The summed E-state index contributed by atoms with van der Waals surface area (Å²) >= 11 is 0. The molecule has 51 heavy (non-hydrogen) atoms. The van der Waals surface area contributed by atoms with E-state index >= 15 is 0 Å². The van der Waals surface area contributed by atoms with Crippen molar-refractivity contribution in [2.45, 2.75) is 0 Å². The molecule has 0 unspecified atom stereocenters. The fourth-order valence-electron chi connectivity index (χ4n) is 7.27. The third-order valence-electron chi connectivity index (χ3n) is 9.69. The molecule has 10 rings (SSSR count). The zero-order valence-electron chi connectivity index (χ0n) is 27.5. The van der Waals surface area contributed by atoms with Gasteiger partial charge in [-0.1, -0.05) is 152 Å². The van der Waals surface area contributed by atoms with Crippen LogP contribution in [-0.4, -0.2) is 15.0 Å². The van der Waals surface area contributed by atoms with Gasteiger partial charge in [-0.15, -0.1) is 0 Å². The van der Waals surface area contributed by atoms with Crippen LogP contribution >= 0.6 is 0 Å². The summed E-state index contributed by atoms with van der Waals surface area (Å²) in [6, 6.07) is 60.7. The molecule has 0 aliphatic rings. The van der Waals surface area contributed by atoms with E-state index in [0.717, 1.165) is 94.1 Å². The van der Waals surface area contributed by atoms with E-state index < -0.39 is 0 Å². The van der Waals surface area contributed by atoms with Gasteiger partial charge < -0.3 is 4.42 Å². The number of nitrogens with zero attached hydrogens (tertiary/aromatic N) is 3. The molecule has 3 aromatic heterocycles. The number of aromatic nitrogens is 3. The minimum atomic E-state index is 0.702. The Morgan fingerprint density at radius 3 is 1.67 bits per heavy atom. The molecule has 0 saturated heterocycles. The smallest absolute Gasteiger partial charge is 0.160 e. The Balaban J connectivity index is 1.17. The van der Waals surface area contributed by atoms with Gasteiger partial charge in [-0.25, -0.2) is 15.0 Å². The molecule has 4 heteroatoms. The summed E-state index contributed by atoms with van der Waals surface area (Å²) in [5.41, 5.74) is 11.7. The van der Waals surface area contributed by atoms with Crippen molar-refractivity contribution in [1.82, 2.24) is 15.0 Å². The summed E-state index contributed by atoms with van der Waals surface area (Å²) in [6.45, 7) is 0. The zero-order valence-corrected chi connectivity index (χ0v) is 27.5. The van der Waals surface area contributed by atoms with Crippen molar-refractivity contribution in [3.05, 3.63) is 176 Å². The number of fused-ring (bicyclic) bond motifs is 7. The van der Waals surface area contributed by atoms with Gasteiger partial charge in [0, 0.05) is 54.7 Å². The second-order valence-electron chi connectivity index (χ2n) is 12.8. The van der Waals surface area contributed by atoms with Gasteiger partial charge in [0.2, 0.25) is 0 Å². The molecule has 238 valence electrons. The highest BCUT2D eigenvalue weighted by Crippen LogP contribution is 2.43. The molecule has 0 aliphatic carbocycles. The normalized spacial score (nSPS) is 11.5. The number of rotatable bonds is 5. The number of benzene rings is 7. The lowest BCUT2D eigenvalue weighted by Gasteiger charge is -2.14. The minimum absolute atomic E-state index is 0.702. The van der Waals surface area contributed by atoms with Crippen LogP contribution in [0.2, 0.25) is 0 Å². The summed E-state index contributed by atoms with van der Waals surface area (Å²) in [5.74, 6) is 0.702. The topological polar surface area (TPSA) is 51.8 Å². The lowest BCUT2D eigenvalue weighted by atomic mass is 9.93. The molecule has 0 aliphatic heterocycles. The third kappa shape index (κ3) is 4.96. The van der Waals surface area contributed by atoms with Crippen LogP contribution < -0.4 is 0 Å². The van der Waals surface area contributed by atoms with Gasteiger partial charge in [0.15, 0.2) is 5.82 Å². The van der Waals surface area contributed by atoms with Gasteiger partial charge in [-0.05, 0) is 29.8 Å². The molecule has 0 amide bonds. The van der Waals surface area contributed by atoms with Crippen molar-refractivity contribution in [3.63, 3.8) is 0 Å². The Morgan fingerprint density at radius 1 is 0.353 bits per heavy atom. The van der Waals surface area contributed by atoms with Crippen LogP contribution in [0, 0.1) is 0 Å². The van der Waals surface area contributed by atoms with Crippen LogP contribution in [0.1, 0.15) is 0 Å². The number of pyridine rings is 1. The zero-order chi connectivity index (χ0) is 33.7. The van der Waals surface area contributed by atoms with Crippen LogP contribution in [0.4, 0.5) is 0 Å². The van der Waals surface area contributed by atoms with E-state index in [1.807, 2.05) is 54.6 Å². The number of para-hydroxylation sites is 2.